The molecule has 1 heterocycles. The quantitative estimate of drug-likeness (QED) is 0.856. The minimum Gasteiger partial charge on any atom is -0.497 e. The highest BCUT2D eigenvalue weighted by atomic mass is 32.2. The lowest BCUT2D eigenvalue weighted by Crippen LogP contribution is -2.42. The molecule has 0 atom stereocenters. The van der Waals surface area contributed by atoms with Crippen LogP contribution in [0.1, 0.15) is 19.3 Å². The number of hydrogen-bond donors (Lipinski definition) is 2. The molecule has 1 saturated carbocycles. The molecule has 3 rings (SSSR count). The molecule has 1 aromatic carbocycles. The van der Waals surface area contributed by atoms with E-state index < -0.39 is 10.0 Å². The fraction of sp³-hybridized carbons (Fsp3) is 0.417. The highest BCUT2D eigenvalue weighted by molar-refractivity contribution is 7.90. The van der Waals surface area contributed by atoms with Crippen LogP contribution in [-0.2, 0) is 10.0 Å². The van der Waals surface area contributed by atoms with Crippen LogP contribution in [0.15, 0.2) is 28.1 Å². The Morgan fingerprint density at radius 1 is 1.37 bits per heavy atom. The molecule has 0 amide bonds. The molecule has 1 aromatic rings. The van der Waals surface area contributed by atoms with Crippen molar-refractivity contribution in [3.63, 3.8) is 0 Å². The number of guanidine groups is 1. The van der Waals surface area contributed by atoms with E-state index in [0.29, 0.717) is 17.4 Å². The molecule has 6 nitrogen and oxygen atoms in total. The lowest BCUT2D eigenvalue weighted by Gasteiger charge is -2.26. The van der Waals surface area contributed by atoms with Crippen molar-refractivity contribution in [3.8, 4) is 5.75 Å². The fourth-order valence-electron chi connectivity index (χ4n) is 2.05. The van der Waals surface area contributed by atoms with E-state index in [1.54, 1.807) is 12.1 Å². The first-order valence-electron chi connectivity index (χ1n) is 6.14. The minimum absolute atomic E-state index is 0.180. The summed E-state index contributed by atoms with van der Waals surface area (Å²) in [4.78, 5) is 4.54. The lowest BCUT2D eigenvalue weighted by atomic mass is 9.94. The van der Waals surface area contributed by atoms with Crippen LogP contribution < -0.4 is 14.8 Å². The maximum atomic E-state index is 12.2. The zero-order valence-corrected chi connectivity index (χ0v) is 11.3. The number of ether oxygens (including phenoxy) is 1. The van der Waals surface area contributed by atoms with Gasteiger partial charge in [-0.25, -0.2) is 18.1 Å². The van der Waals surface area contributed by atoms with Crippen molar-refractivity contribution in [2.24, 2.45) is 4.99 Å². The number of nitrogens with zero attached hydrogens (tertiary/aromatic N) is 1. The van der Waals surface area contributed by atoms with Crippen LogP contribution in [0.3, 0.4) is 0 Å². The first kappa shape index (κ1) is 12.3. The van der Waals surface area contributed by atoms with Crippen LogP contribution in [0, 0.1) is 0 Å². The Labute approximate surface area is 111 Å². The third-order valence-corrected chi connectivity index (χ3v) is 4.73. The molecule has 0 aromatic heterocycles. The third kappa shape index (κ3) is 2.25. The molecule has 0 spiro atoms. The number of nitrogens with one attached hydrogen (secondary N) is 2. The number of anilines is 1. The first-order valence-corrected chi connectivity index (χ1v) is 7.62. The van der Waals surface area contributed by atoms with Gasteiger partial charge < -0.3 is 10.1 Å². The summed E-state index contributed by atoms with van der Waals surface area (Å²) in [5.74, 6) is 0.813. The molecule has 102 valence electrons. The van der Waals surface area contributed by atoms with Gasteiger partial charge in [0.1, 0.15) is 10.6 Å². The Morgan fingerprint density at radius 2 is 2.16 bits per heavy atom. The summed E-state index contributed by atoms with van der Waals surface area (Å²) in [5.41, 5.74) is 0.526. The van der Waals surface area contributed by atoms with Crippen molar-refractivity contribution < 1.29 is 13.2 Å². The molecule has 0 radical (unpaired) electrons. The average molecular weight is 281 g/mol. The summed E-state index contributed by atoms with van der Waals surface area (Å²) in [6.07, 6.45) is 3.19. The predicted octanol–water partition coefficient (Wildman–Crippen LogP) is 1.31. The second-order valence-electron chi connectivity index (χ2n) is 4.66. The Balaban J connectivity index is 1.98. The molecule has 1 aliphatic heterocycles. The SMILES string of the molecule is COc1ccc2c(c1)S(=O)(=O)NC(=NC1CCC1)N2. The van der Waals surface area contributed by atoms with Crippen molar-refractivity contribution in [3.05, 3.63) is 18.2 Å². The molecule has 19 heavy (non-hydrogen) atoms. The van der Waals surface area contributed by atoms with Crippen molar-refractivity contribution in [1.29, 1.82) is 0 Å². The van der Waals surface area contributed by atoms with Gasteiger partial charge in [0.05, 0.1) is 18.8 Å². The first-order chi connectivity index (χ1) is 9.08. The van der Waals surface area contributed by atoms with Crippen LogP contribution >= 0.6 is 0 Å². The van der Waals surface area contributed by atoms with E-state index in [1.165, 1.54) is 13.2 Å². The largest absolute Gasteiger partial charge is 0.497 e. The van der Waals surface area contributed by atoms with Gasteiger partial charge in [0.25, 0.3) is 10.0 Å². The smallest absolute Gasteiger partial charge is 0.266 e. The van der Waals surface area contributed by atoms with Gasteiger partial charge in [0.15, 0.2) is 0 Å². The van der Waals surface area contributed by atoms with Crippen LogP contribution in [0.5, 0.6) is 5.75 Å². The van der Waals surface area contributed by atoms with Crippen molar-refractivity contribution >= 4 is 21.7 Å². The predicted molar refractivity (Wildman–Crippen MR) is 72.0 cm³/mol. The normalized spacial score (nSPS) is 22.9. The highest BCUT2D eigenvalue weighted by Gasteiger charge is 2.28. The maximum Gasteiger partial charge on any atom is 0.266 e. The summed E-state index contributed by atoms with van der Waals surface area (Å²) in [6, 6.07) is 5.12. The summed E-state index contributed by atoms with van der Waals surface area (Å²) >= 11 is 0. The standard InChI is InChI=1S/C12H15N3O3S/c1-18-9-5-6-10-11(7-9)19(16,17)15-12(14-10)13-8-3-2-4-8/h5-8H,2-4H2,1H3,(H2,13,14,15). The summed E-state index contributed by atoms with van der Waals surface area (Å²) in [5, 5.41) is 3.01. The van der Waals surface area contributed by atoms with Gasteiger partial charge in [0, 0.05) is 6.07 Å². The van der Waals surface area contributed by atoms with Crippen molar-refractivity contribution in [1.82, 2.24) is 4.72 Å². The van der Waals surface area contributed by atoms with E-state index in [1.807, 2.05) is 0 Å². The molecule has 0 unspecified atom stereocenters. The third-order valence-electron chi connectivity index (χ3n) is 3.35. The van der Waals surface area contributed by atoms with Crippen molar-refractivity contribution in [2.45, 2.75) is 30.2 Å². The monoisotopic (exact) mass is 281 g/mol. The number of benzene rings is 1. The van der Waals surface area contributed by atoms with Crippen LogP contribution in [0.25, 0.3) is 0 Å². The van der Waals surface area contributed by atoms with E-state index in [-0.39, 0.29) is 10.9 Å². The second-order valence-corrected chi connectivity index (χ2v) is 6.31. The van der Waals surface area contributed by atoms with E-state index in [9.17, 15) is 8.42 Å². The molecule has 1 fully saturated rings. The number of hydrogen-bond acceptors (Lipinski definition) is 4. The fourth-order valence-corrected chi connectivity index (χ4v) is 3.20. The number of sulfonamides is 1. The summed E-state index contributed by atoms with van der Waals surface area (Å²) in [6.45, 7) is 0. The molecular weight excluding hydrogens is 266 g/mol. The zero-order valence-electron chi connectivity index (χ0n) is 10.5. The van der Waals surface area contributed by atoms with E-state index in [2.05, 4.69) is 15.0 Å². The Hall–Kier alpha value is -1.76. The molecule has 1 aliphatic carbocycles. The lowest BCUT2D eigenvalue weighted by molar-refractivity contribution is 0.413. The van der Waals surface area contributed by atoms with E-state index in [0.717, 1.165) is 19.3 Å². The molecule has 2 aliphatic rings. The topological polar surface area (TPSA) is 79.8 Å². The number of aliphatic imine (C=N–C) groups is 1. The molecule has 0 bridgehead atoms. The molecule has 2 N–H and O–H groups in total. The summed E-state index contributed by atoms with van der Waals surface area (Å²) < 4.78 is 31.8. The minimum atomic E-state index is -3.58. The molecule has 7 heteroatoms. The number of methoxy groups -OCH3 is 1. The van der Waals surface area contributed by atoms with Crippen LogP contribution in [0.4, 0.5) is 5.69 Å². The van der Waals surface area contributed by atoms with Gasteiger partial charge >= 0.3 is 0 Å². The second kappa shape index (κ2) is 4.41. The Kier molecular flexibility index (Phi) is 2.85. The molecule has 0 saturated heterocycles. The van der Waals surface area contributed by atoms with Crippen LogP contribution in [-0.4, -0.2) is 27.5 Å². The van der Waals surface area contributed by atoms with E-state index >= 15 is 0 Å². The average Bonchev–Trinajstić information content (AvgIpc) is 2.33. The van der Waals surface area contributed by atoms with E-state index in [4.69, 9.17) is 4.74 Å². The van der Waals surface area contributed by atoms with Gasteiger partial charge in [0.2, 0.25) is 5.96 Å². The Bertz CT molecular complexity index is 636. The van der Waals surface area contributed by atoms with Gasteiger partial charge in [-0.1, -0.05) is 0 Å². The number of rotatable bonds is 2. The maximum absolute atomic E-state index is 12.2. The number of fused-ring (bicyclic) bond motifs is 1. The van der Waals surface area contributed by atoms with Gasteiger partial charge in [-0.15, -0.1) is 0 Å². The Morgan fingerprint density at radius 3 is 2.79 bits per heavy atom. The summed E-state index contributed by atoms with van der Waals surface area (Å²) in [7, 11) is -2.08. The zero-order chi connectivity index (χ0) is 13.5. The molecular formula is C12H15N3O3S. The van der Waals surface area contributed by atoms with Gasteiger partial charge in [-0.3, -0.25) is 0 Å². The van der Waals surface area contributed by atoms with Crippen LogP contribution in [0.2, 0.25) is 0 Å². The van der Waals surface area contributed by atoms with Gasteiger partial charge in [-0.2, -0.15) is 0 Å². The van der Waals surface area contributed by atoms with Crippen molar-refractivity contribution in [2.75, 3.05) is 12.4 Å². The highest BCUT2D eigenvalue weighted by Crippen LogP contribution is 2.29. The van der Waals surface area contributed by atoms with Gasteiger partial charge in [-0.05, 0) is 31.4 Å².